The molecule has 100 valence electrons. The van der Waals surface area contributed by atoms with E-state index in [-0.39, 0.29) is 0 Å². The van der Waals surface area contributed by atoms with E-state index in [1.165, 1.54) is 18.4 Å². The van der Waals surface area contributed by atoms with Crippen LogP contribution in [0.25, 0.3) is 0 Å². The van der Waals surface area contributed by atoms with Gasteiger partial charge in [-0.25, -0.2) is 0 Å². The Morgan fingerprint density at radius 1 is 1.28 bits per heavy atom. The van der Waals surface area contributed by atoms with Gasteiger partial charge in [0, 0.05) is 0 Å². The second kappa shape index (κ2) is 5.75. The summed E-state index contributed by atoms with van der Waals surface area (Å²) in [5, 5.41) is 3.53. The Labute approximate surface area is 111 Å². The molecule has 1 aromatic carbocycles. The van der Waals surface area contributed by atoms with Crippen LogP contribution in [0.4, 0.5) is 0 Å². The smallest absolute Gasteiger partial charge is 0.119 e. The van der Waals surface area contributed by atoms with Gasteiger partial charge in [-0.1, -0.05) is 26.0 Å². The molecule has 0 amide bonds. The van der Waals surface area contributed by atoms with Crippen molar-refractivity contribution >= 4 is 0 Å². The molecule has 1 saturated carbocycles. The van der Waals surface area contributed by atoms with E-state index in [0.29, 0.717) is 5.41 Å². The Bertz CT molecular complexity index is 373. The Hall–Kier alpha value is -1.02. The first-order valence-corrected chi connectivity index (χ1v) is 7.14. The fraction of sp³-hybridized carbons (Fsp3) is 0.625. The maximum Gasteiger partial charge on any atom is 0.119 e. The van der Waals surface area contributed by atoms with Crippen molar-refractivity contribution in [3.63, 3.8) is 0 Å². The van der Waals surface area contributed by atoms with Crippen molar-refractivity contribution < 1.29 is 4.74 Å². The maximum absolute atomic E-state index is 5.49. The van der Waals surface area contributed by atoms with E-state index in [9.17, 15) is 0 Å². The van der Waals surface area contributed by atoms with E-state index >= 15 is 0 Å². The number of hydrogen-bond donors (Lipinski definition) is 1. The Morgan fingerprint density at radius 2 is 2.00 bits per heavy atom. The van der Waals surface area contributed by atoms with E-state index in [1.54, 1.807) is 0 Å². The van der Waals surface area contributed by atoms with Crippen LogP contribution in [0.15, 0.2) is 24.3 Å². The summed E-state index contributed by atoms with van der Waals surface area (Å²) < 4.78 is 5.49. The van der Waals surface area contributed by atoms with Gasteiger partial charge in [0.05, 0.1) is 6.61 Å². The van der Waals surface area contributed by atoms with Gasteiger partial charge in [0.15, 0.2) is 0 Å². The first-order valence-electron chi connectivity index (χ1n) is 7.14. The number of rotatable bonds is 7. The van der Waals surface area contributed by atoms with E-state index in [0.717, 1.165) is 31.4 Å². The van der Waals surface area contributed by atoms with E-state index < -0.39 is 0 Å². The molecular formula is C16H25NO. The van der Waals surface area contributed by atoms with Gasteiger partial charge < -0.3 is 10.1 Å². The number of ether oxygens (including phenoxy) is 1. The summed E-state index contributed by atoms with van der Waals surface area (Å²) in [7, 11) is 0. The number of hydrogen-bond acceptors (Lipinski definition) is 2. The third-order valence-corrected chi connectivity index (χ3v) is 4.05. The van der Waals surface area contributed by atoms with Crippen molar-refractivity contribution in [1.29, 1.82) is 0 Å². The third kappa shape index (κ3) is 2.86. The van der Waals surface area contributed by atoms with Gasteiger partial charge in [-0.2, -0.15) is 0 Å². The minimum absolute atomic E-state index is 0.380. The van der Waals surface area contributed by atoms with Crippen molar-refractivity contribution in [3.8, 4) is 5.75 Å². The van der Waals surface area contributed by atoms with E-state index in [2.05, 4.69) is 43.4 Å². The van der Waals surface area contributed by atoms with Crippen LogP contribution in [0.5, 0.6) is 5.75 Å². The lowest BCUT2D eigenvalue weighted by atomic mass is 9.95. The summed E-state index contributed by atoms with van der Waals surface area (Å²) in [4.78, 5) is 0. The zero-order chi connectivity index (χ0) is 13.0. The largest absolute Gasteiger partial charge is 0.494 e. The normalized spacial score (nSPS) is 26.1. The Morgan fingerprint density at radius 3 is 2.61 bits per heavy atom. The quantitative estimate of drug-likeness (QED) is 0.746. The molecule has 0 spiro atoms. The van der Waals surface area contributed by atoms with Crippen LogP contribution in [0.3, 0.4) is 0 Å². The molecule has 1 fully saturated rings. The van der Waals surface area contributed by atoms with Gasteiger partial charge in [0.25, 0.3) is 0 Å². The minimum atomic E-state index is 0.380. The topological polar surface area (TPSA) is 21.3 Å². The van der Waals surface area contributed by atoms with Crippen LogP contribution in [0.2, 0.25) is 0 Å². The monoisotopic (exact) mass is 247 g/mol. The molecule has 0 aromatic heterocycles. The molecule has 0 heterocycles. The molecule has 1 aliphatic carbocycles. The molecule has 0 bridgehead atoms. The fourth-order valence-corrected chi connectivity index (χ4v) is 2.66. The van der Waals surface area contributed by atoms with Crippen molar-refractivity contribution in [2.24, 2.45) is 5.92 Å². The SMILES string of the molecule is CCCNCC1CC1(C)c1ccc(OCC)cc1. The predicted octanol–water partition coefficient (Wildman–Crippen LogP) is 3.36. The summed E-state index contributed by atoms with van der Waals surface area (Å²) in [6.07, 6.45) is 2.52. The van der Waals surface area contributed by atoms with Crippen LogP contribution >= 0.6 is 0 Å². The molecule has 18 heavy (non-hydrogen) atoms. The molecule has 1 aliphatic rings. The summed E-state index contributed by atoms with van der Waals surface area (Å²) in [6.45, 7) is 9.63. The summed E-state index contributed by atoms with van der Waals surface area (Å²) >= 11 is 0. The zero-order valence-electron chi connectivity index (χ0n) is 11.8. The van der Waals surface area contributed by atoms with Crippen LogP contribution < -0.4 is 10.1 Å². The minimum Gasteiger partial charge on any atom is -0.494 e. The first kappa shape index (κ1) is 13.4. The van der Waals surface area contributed by atoms with Crippen molar-refractivity contribution in [1.82, 2.24) is 5.32 Å². The molecule has 0 saturated heterocycles. The Kier molecular flexibility index (Phi) is 4.28. The molecule has 2 heteroatoms. The summed E-state index contributed by atoms with van der Waals surface area (Å²) in [5.74, 6) is 1.77. The Balaban J connectivity index is 1.91. The number of nitrogens with one attached hydrogen (secondary N) is 1. The molecular weight excluding hydrogens is 222 g/mol. The standard InChI is InChI=1S/C16H25NO/c1-4-10-17-12-14-11-16(14,3)13-6-8-15(9-7-13)18-5-2/h6-9,14,17H,4-5,10-12H2,1-3H3. The first-order chi connectivity index (χ1) is 8.70. The van der Waals surface area contributed by atoms with Gasteiger partial charge in [0.2, 0.25) is 0 Å². The highest BCUT2D eigenvalue weighted by molar-refractivity contribution is 5.37. The molecule has 2 nitrogen and oxygen atoms in total. The molecule has 2 rings (SSSR count). The highest BCUT2D eigenvalue weighted by Crippen LogP contribution is 2.53. The van der Waals surface area contributed by atoms with Crippen LogP contribution in [-0.4, -0.2) is 19.7 Å². The third-order valence-electron chi connectivity index (χ3n) is 4.05. The van der Waals surface area contributed by atoms with E-state index in [4.69, 9.17) is 4.74 Å². The maximum atomic E-state index is 5.49. The van der Waals surface area contributed by atoms with Crippen LogP contribution in [-0.2, 0) is 5.41 Å². The van der Waals surface area contributed by atoms with Crippen molar-refractivity contribution in [3.05, 3.63) is 29.8 Å². The van der Waals surface area contributed by atoms with Gasteiger partial charge in [-0.15, -0.1) is 0 Å². The van der Waals surface area contributed by atoms with Gasteiger partial charge in [0.1, 0.15) is 5.75 Å². The number of benzene rings is 1. The lowest BCUT2D eigenvalue weighted by Crippen LogP contribution is -2.20. The highest BCUT2D eigenvalue weighted by Gasteiger charge is 2.50. The fourth-order valence-electron chi connectivity index (χ4n) is 2.66. The second-order valence-corrected chi connectivity index (χ2v) is 5.48. The molecule has 0 radical (unpaired) electrons. The molecule has 2 unspecified atom stereocenters. The highest BCUT2D eigenvalue weighted by atomic mass is 16.5. The lowest BCUT2D eigenvalue weighted by molar-refractivity contribution is 0.340. The van der Waals surface area contributed by atoms with Crippen molar-refractivity contribution in [2.75, 3.05) is 19.7 Å². The molecule has 1 aromatic rings. The van der Waals surface area contributed by atoms with Crippen LogP contribution in [0, 0.1) is 5.92 Å². The van der Waals surface area contributed by atoms with Gasteiger partial charge in [-0.3, -0.25) is 0 Å². The molecule has 0 aliphatic heterocycles. The second-order valence-electron chi connectivity index (χ2n) is 5.48. The van der Waals surface area contributed by atoms with E-state index in [1.807, 2.05) is 6.92 Å². The average Bonchev–Trinajstić information content (AvgIpc) is 3.03. The lowest BCUT2D eigenvalue weighted by Gasteiger charge is -2.13. The summed E-state index contributed by atoms with van der Waals surface area (Å²) in [6, 6.07) is 8.65. The van der Waals surface area contributed by atoms with Gasteiger partial charge >= 0.3 is 0 Å². The predicted molar refractivity (Wildman–Crippen MR) is 76.2 cm³/mol. The van der Waals surface area contributed by atoms with Crippen LogP contribution in [0.1, 0.15) is 39.2 Å². The van der Waals surface area contributed by atoms with Gasteiger partial charge in [-0.05, 0) is 61.9 Å². The van der Waals surface area contributed by atoms with Crippen molar-refractivity contribution in [2.45, 2.75) is 39.0 Å². The summed E-state index contributed by atoms with van der Waals surface area (Å²) in [5.41, 5.74) is 1.83. The molecule has 2 atom stereocenters. The average molecular weight is 247 g/mol. The molecule has 1 N–H and O–H groups in total. The zero-order valence-corrected chi connectivity index (χ0v) is 11.8.